The van der Waals surface area contributed by atoms with E-state index >= 15 is 0 Å². The van der Waals surface area contributed by atoms with Crippen molar-refractivity contribution < 1.29 is 24.2 Å². The van der Waals surface area contributed by atoms with Gasteiger partial charge in [0.1, 0.15) is 6.61 Å². The first-order chi connectivity index (χ1) is 33.6. The molecule has 1 N–H and O–H groups in total. The van der Waals surface area contributed by atoms with Gasteiger partial charge in [-0.2, -0.15) is 0 Å². The quantitative estimate of drug-likeness (QED) is 0.0374. The Labute approximate surface area is 423 Å². The third-order valence-electron chi connectivity index (χ3n) is 13.0. The van der Waals surface area contributed by atoms with Gasteiger partial charge in [0.15, 0.2) is 6.10 Å². The number of rotatable bonds is 54. The van der Waals surface area contributed by atoms with Crippen LogP contribution in [-0.4, -0.2) is 36.4 Å². The Morgan fingerprint density at radius 2 is 0.632 bits per heavy atom. The SMILES string of the molecule is CC/C=C\C/C=C\C/C=C\C/C=C\C/C=C\C/C=C\CCCCCCCCCCCCCCCCC(=O)OC(CO)COC(=O)CCCCCCCCCCCCCCCCCCCCCCC. The van der Waals surface area contributed by atoms with Crippen LogP contribution in [0.15, 0.2) is 72.9 Å². The van der Waals surface area contributed by atoms with Crippen molar-refractivity contribution in [2.45, 2.75) is 302 Å². The van der Waals surface area contributed by atoms with E-state index < -0.39 is 6.10 Å². The fourth-order valence-corrected chi connectivity index (χ4v) is 8.62. The van der Waals surface area contributed by atoms with Crippen molar-refractivity contribution in [1.82, 2.24) is 0 Å². The second-order valence-corrected chi connectivity index (χ2v) is 19.7. The Balaban J connectivity index is 3.47. The molecule has 0 aromatic carbocycles. The van der Waals surface area contributed by atoms with Crippen molar-refractivity contribution in [3.05, 3.63) is 72.9 Å². The zero-order valence-electron chi connectivity index (χ0n) is 45.1. The van der Waals surface area contributed by atoms with Gasteiger partial charge in [0.2, 0.25) is 0 Å². The molecule has 0 aliphatic rings. The summed E-state index contributed by atoms with van der Waals surface area (Å²) in [6.07, 6.45) is 80.3. The number of carbonyl (C=O) groups excluding carboxylic acids is 2. The molecule has 0 heterocycles. The van der Waals surface area contributed by atoms with Gasteiger partial charge in [-0.3, -0.25) is 9.59 Å². The van der Waals surface area contributed by atoms with E-state index in [-0.39, 0.29) is 25.2 Å². The highest BCUT2D eigenvalue weighted by atomic mass is 16.6. The van der Waals surface area contributed by atoms with Gasteiger partial charge in [-0.25, -0.2) is 0 Å². The molecule has 0 radical (unpaired) electrons. The topological polar surface area (TPSA) is 72.8 Å². The highest BCUT2D eigenvalue weighted by Crippen LogP contribution is 2.17. The van der Waals surface area contributed by atoms with Crippen LogP contribution in [0.4, 0.5) is 0 Å². The van der Waals surface area contributed by atoms with Crippen LogP contribution in [0.2, 0.25) is 0 Å². The predicted octanol–water partition coefficient (Wildman–Crippen LogP) is 20.0. The molecule has 394 valence electrons. The van der Waals surface area contributed by atoms with E-state index in [1.807, 2.05) is 0 Å². The molecule has 5 nitrogen and oxygen atoms in total. The molecular formula is C63H112O5. The fourth-order valence-electron chi connectivity index (χ4n) is 8.62. The first-order valence-corrected chi connectivity index (χ1v) is 29.5. The molecule has 0 aromatic rings. The number of carbonyl (C=O) groups is 2. The lowest BCUT2D eigenvalue weighted by atomic mass is 10.0. The summed E-state index contributed by atoms with van der Waals surface area (Å²) in [4.78, 5) is 24.5. The number of aliphatic hydroxyl groups is 1. The summed E-state index contributed by atoms with van der Waals surface area (Å²) < 4.78 is 10.7. The van der Waals surface area contributed by atoms with Crippen LogP contribution in [0.3, 0.4) is 0 Å². The fraction of sp³-hybridized carbons (Fsp3) is 0.778. The van der Waals surface area contributed by atoms with Gasteiger partial charge in [-0.05, 0) is 64.2 Å². The van der Waals surface area contributed by atoms with E-state index in [2.05, 4.69) is 86.8 Å². The predicted molar refractivity (Wildman–Crippen MR) is 297 cm³/mol. The van der Waals surface area contributed by atoms with Crippen LogP contribution in [0, 0.1) is 0 Å². The molecule has 1 unspecified atom stereocenters. The summed E-state index contributed by atoms with van der Waals surface area (Å²) in [6.45, 7) is 4.06. The third-order valence-corrected chi connectivity index (χ3v) is 13.0. The van der Waals surface area contributed by atoms with Crippen LogP contribution in [-0.2, 0) is 19.1 Å². The third kappa shape index (κ3) is 55.9. The number of esters is 2. The van der Waals surface area contributed by atoms with Gasteiger partial charge in [0.05, 0.1) is 6.61 Å². The average molecular weight is 950 g/mol. The van der Waals surface area contributed by atoms with E-state index in [1.54, 1.807) is 0 Å². The highest BCUT2D eigenvalue weighted by molar-refractivity contribution is 5.70. The first-order valence-electron chi connectivity index (χ1n) is 29.5. The van der Waals surface area contributed by atoms with Crippen molar-refractivity contribution in [3.63, 3.8) is 0 Å². The molecule has 0 fully saturated rings. The molecule has 1 atom stereocenters. The largest absolute Gasteiger partial charge is 0.462 e. The maximum atomic E-state index is 12.3. The number of hydrogen-bond acceptors (Lipinski definition) is 5. The Bertz CT molecular complexity index is 1210. The lowest BCUT2D eigenvalue weighted by molar-refractivity contribution is -0.161. The number of allylic oxidation sites excluding steroid dienone is 12. The summed E-state index contributed by atoms with van der Waals surface area (Å²) >= 11 is 0. The zero-order chi connectivity index (χ0) is 49.2. The van der Waals surface area contributed by atoms with Crippen molar-refractivity contribution in [3.8, 4) is 0 Å². The minimum Gasteiger partial charge on any atom is -0.462 e. The summed E-state index contributed by atoms with van der Waals surface area (Å²) in [6, 6.07) is 0. The monoisotopic (exact) mass is 949 g/mol. The first kappa shape index (κ1) is 65.3. The number of ether oxygens (including phenoxy) is 2. The van der Waals surface area contributed by atoms with Crippen LogP contribution in [0.5, 0.6) is 0 Å². The molecule has 0 spiro atoms. The Kier molecular flexibility index (Phi) is 56.4. The molecule has 0 saturated heterocycles. The molecule has 0 saturated carbocycles. The Morgan fingerprint density at radius 1 is 0.353 bits per heavy atom. The molecule has 68 heavy (non-hydrogen) atoms. The standard InChI is InChI=1S/C63H112O5/c1-3-5-7-9-11-13-15-17-19-21-23-25-26-27-28-29-30-31-32-33-34-35-36-38-40-42-44-46-48-50-52-54-56-58-63(66)68-61(59-64)60-67-62(65)57-55-53-51-49-47-45-43-41-39-37-24-22-20-18-16-14-12-10-8-6-4-2/h5,7,11,13,17,19,23,25,27-28,30-31,61,64H,3-4,6,8-10,12,14-16,18,20-22,24,26,29,32-60H2,1-2H3/b7-5-,13-11-,19-17-,25-23-,28-27-,31-30-. The van der Waals surface area contributed by atoms with Gasteiger partial charge < -0.3 is 14.6 Å². The molecule has 0 amide bonds. The zero-order valence-corrected chi connectivity index (χ0v) is 45.1. The molecule has 0 aliphatic heterocycles. The van der Waals surface area contributed by atoms with E-state index in [0.29, 0.717) is 12.8 Å². The van der Waals surface area contributed by atoms with Crippen LogP contribution in [0.25, 0.3) is 0 Å². The van der Waals surface area contributed by atoms with Gasteiger partial charge in [-0.15, -0.1) is 0 Å². The number of unbranched alkanes of at least 4 members (excludes halogenated alkanes) is 34. The van der Waals surface area contributed by atoms with Gasteiger partial charge in [0, 0.05) is 12.8 Å². The van der Waals surface area contributed by atoms with Crippen LogP contribution >= 0.6 is 0 Å². The van der Waals surface area contributed by atoms with E-state index in [9.17, 15) is 14.7 Å². The minimum absolute atomic E-state index is 0.0634. The molecule has 0 bridgehead atoms. The van der Waals surface area contributed by atoms with E-state index in [4.69, 9.17) is 9.47 Å². The number of aliphatic hydroxyl groups excluding tert-OH is 1. The summed E-state index contributed by atoms with van der Waals surface area (Å²) in [5.74, 6) is -0.578. The van der Waals surface area contributed by atoms with Crippen molar-refractivity contribution in [2.75, 3.05) is 13.2 Å². The lowest BCUT2D eigenvalue weighted by Gasteiger charge is -2.15. The maximum absolute atomic E-state index is 12.3. The van der Waals surface area contributed by atoms with Crippen molar-refractivity contribution in [1.29, 1.82) is 0 Å². The van der Waals surface area contributed by atoms with Gasteiger partial charge in [0.25, 0.3) is 0 Å². The second kappa shape index (κ2) is 58.7. The van der Waals surface area contributed by atoms with Crippen LogP contribution in [0.1, 0.15) is 296 Å². The summed E-state index contributed by atoms with van der Waals surface area (Å²) in [5, 5.41) is 9.66. The smallest absolute Gasteiger partial charge is 0.306 e. The maximum Gasteiger partial charge on any atom is 0.306 e. The minimum atomic E-state index is -0.773. The summed E-state index contributed by atoms with van der Waals surface area (Å²) in [7, 11) is 0. The molecule has 0 rings (SSSR count). The Hall–Kier alpha value is -2.66. The normalized spacial score (nSPS) is 12.7. The van der Waals surface area contributed by atoms with Crippen molar-refractivity contribution in [2.24, 2.45) is 0 Å². The van der Waals surface area contributed by atoms with Gasteiger partial charge >= 0.3 is 11.9 Å². The molecule has 5 heteroatoms. The van der Waals surface area contributed by atoms with Crippen LogP contribution < -0.4 is 0 Å². The van der Waals surface area contributed by atoms with E-state index in [0.717, 1.165) is 77.0 Å². The van der Waals surface area contributed by atoms with Crippen molar-refractivity contribution >= 4 is 11.9 Å². The number of hydrogen-bond donors (Lipinski definition) is 1. The average Bonchev–Trinajstić information content (AvgIpc) is 3.34. The van der Waals surface area contributed by atoms with E-state index in [1.165, 1.54) is 193 Å². The van der Waals surface area contributed by atoms with Gasteiger partial charge in [-0.1, -0.05) is 292 Å². The molecular weight excluding hydrogens is 837 g/mol. The molecule has 0 aliphatic carbocycles. The molecule has 0 aromatic heterocycles. The second-order valence-electron chi connectivity index (χ2n) is 19.7. The summed E-state index contributed by atoms with van der Waals surface area (Å²) in [5.41, 5.74) is 0. The lowest BCUT2D eigenvalue weighted by Crippen LogP contribution is -2.28. The Morgan fingerprint density at radius 3 is 0.956 bits per heavy atom. The highest BCUT2D eigenvalue weighted by Gasteiger charge is 2.16.